The number of hydrogen-bond donors (Lipinski definition) is 1. The molecule has 0 aliphatic carbocycles. The van der Waals surface area contributed by atoms with Gasteiger partial charge in [-0.1, -0.05) is 43.3 Å². The Morgan fingerprint density at radius 2 is 1.87 bits per heavy atom. The van der Waals surface area contributed by atoms with Gasteiger partial charge >= 0.3 is 0 Å². The monoisotopic (exact) mass is 310 g/mol. The molecule has 0 spiro atoms. The molecule has 5 heteroatoms. The van der Waals surface area contributed by atoms with Gasteiger partial charge < -0.3 is 8.94 Å². The maximum atomic E-state index is 12.1. The average Bonchev–Trinajstić information content (AvgIpc) is 3.24. The summed E-state index contributed by atoms with van der Waals surface area (Å²) < 4.78 is 10.6. The number of aromatic nitrogens is 1. The highest BCUT2D eigenvalue weighted by molar-refractivity contribution is 6.01. The molecule has 0 bridgehead atoms. The van der Waals surface area contributed by atoms with E-state index in [1.54, 1.807) is 18.2 Å². The third-order valence-electron chi connectivity index (χ3n) is 3.64. The van der Waals surface area contributed by atoms with Crippen molar-refractivity contribution in [3.8, 4) is 11.3 Å². The van der Waals surface area contributed by atoms with Crippen molar-refractivity contribution in [1.82, 2.24) is 5.16 Å². The molecule has 3 rings (SSSR count). The van der Waals surface area contributed by atoms with Crippen LogP contribution in [0.5, 0.6) is 0 Å². The van der Waals surface area contributed by atoms with Crippen LogP contribution in [0.25, 0.3) is 11.3 Å². The van der Waals surface area contributed by atoms with Crippen LogP contribution in [0.3, 0.4) is 0 Å². The van der Waals surface area contributed by atoms with Crippen molar-refractivity contribution in [1.29, 1.82) is 0 Å². The summed E-state index contributed by atoms with van der Waals surface area (Å²) in [6, 6.07) is 13.2. The minimum Gasteiger partial charge on any atom is -0.456 e. The van der Waals surface area contributed by atoms with Crippen LogP contribution in [0.4, 0.5) is 5.88 Å². The van der Waals surface area contributed by atoms with E-state index in [1.165, 1.54) is 5.56 Å². The SMILES string of the molecule is CCc1ccc(-c2cc(NC(=O)c3ccc(CC)o3)on2)cc1. The van der Waals surface area contributed by atoms with E-state index >= 15 is 0 Å². The maximum absolute atomic E-state index is 12.1. The Bertz CT molecular complexity index is 800. The molecule has 118 valence electrons. The first-order chi connectivity index (χ1) is 11.2. The Hall–Kier alpha value is -2.82. The average molecular weight is 310 g/mol. The van der Waals surface area contributed by atoms with E-state index in [1.807, 2.05) is 19.1 Å². The van der Waals surface area contributed by atoms with Crippen LogP contribution in [-0.4, -0.2) is 11.1 Å². The zero-order chi connectivity index (χ0) is 16.2. The number of hydrogen-bond acceptors (Lipinski definition) is 4. The summed E-state index contributed by atoms with van der Waals surface area (Å²) in [5.74, 6) is 0.962. The van der Waals surface area contributed by atoms with Crippen LogP contribution in [0, 0.1) is 0 Å². The lowest BCUT2D eigenvalue weighted by molar-refractivity contribution is 0.0992. The van der Waals surface area contributed by atoms with Gasteiger partial charge in [-0.2, -0.15) is 0 Å². The summed E-state index contributed by atoms with van der Waals surface area (Å²) in [5.41, 5.74) is 2.88. The molecule has 0 radical (unpaired) electrons. The predicted octanol–water partition coefficient (Wildman–Crippen LogP) is 4.31. The van der Waals surface area contributed by atoms with Crippen LogP contribution < -0.4 is 5.32 Å². The summed E-state index contributed by atoms with van der Waals surface area (Å²) >= 11 is 0. The molecule has 1 aromatic carbocycles. The fraction of sp³-hybridized carbons (Fsp3) is 0.222. The molecule has 0 fully saturated rings. The molecule has 2 heterocycles. The Morgan fingerprint density at radius 3 is 2.52 bits per heavy atom. The normalized spacial score (nSPS) is 10.7. The number of rotatable bonds is 5. The highest BCUT2D eigenvalue weighted by atomic mass is 16.5. The molecule has 5 nitrogen and oxygen atoms in total. The molecule has 0 saturated heterocycles. The minimum absolute atomic E-state index is 0.257. The zero-order valence-electron chi connectivity index (χ0n) is 13.1. The molecule has 0 atom stereocenters. The van der Waals surface area contributed by atoms with E-state index in [-0.39, 0.29) is 11.7 Å². The molecule has 0 aliphatic heterocycles. The van der Waals surface area contributed by atoms with E-state index < -0.39 is 0 Å². The van der Waals surface area contributed by atoms with Crippen LogP contribution in [0.2, 0.25) is 0 Å². The summed E-state index contributed by atoms with van der Waals surface area (Å²) in [4.78, 5) is 12.1. The van der Waals surface area contributed by atoms with Crippen LogP contribution in [0.15, 0.2) is 51.4 Å². The molecule has 1 N–H and O–H groups in total. The standard InChI is InChI=1S/C18H18N2O3/c1-3-12-5-7-13(8-6-12)15-11-17(23-20-15)19-18(21)16-10-9-14(4-2)22-16/h5-11H,3-4H2,1-2H3,(H,19,21). The number of aryl methyl sites for hydroxylation is 2. The van der Waals surface area contributed by atoms with Gasteiger partial charge in [0, 0.05) is 18.1 Å². The Morgan fingerprint density at radius 1 is 1.09 bits per heavy atom. The first-order valence-electron chi connectivity index (χ1n) is 7.65. The fourth-order valence-corrected chi connectivity index (χ4v) is 2.24. The first-order valence-corrected chi connectivity index (χ1v) is 7.65. The summed E-state index contributed by atoms with van der Waals surface area (Å²) in [6.45, 7) is 4.07. The van der Waals surface area contributed by atoms with Crippen molar-refractivity contribution in [2.75, 3.05) is 5.32 Å². The third-order valence-corrected chi connectivity index (χ3v) is 3.64. The van der Waals surface area contributed by atoms with Gasteiger partial charge in [-0.15, -0.1) is 0 Å². The topological polar surface area (TPSA) is 68.3 Å². The number of furan rings is 1. The molecule has 2 aromatic heterocycles. The van der Waals surface area contributed by atoms with Crippen molar-refractivity contribution < 1.29 is 13.7 Å². The van der Waals surface area contributed by atoms with E-state index in [0.717, 1.165) is 24.2 Å². The summed E-state index contributed by atoms with van der Waals surface area (Å²) in [6.07, 6.45) is 1.73. The van der Waals surface area contributed by atoms with Crippen LogP contribution >= 0.6 is 0 Å². The predicted molar refractivity (Wildman–Crippen MR) is 87.4 cm³/mol. The van der Waals surface area contributed by atoms with Gasteiger partial charge in [0.25, 0.3) is 5.91 Å². The van der Waals surface area contributed by atoms with Crippen LogP contribution in [-0.2, 0) is 12.8 Å². The Kier molecular flexibility index (Phi) is 4.28. The zero-order valence-corrected chi connectivity index (χ0v) is 13.1. The van der Waals surface area contributed by atoms with E-state index in [9.17, 15) is 4.79 Å². The van der Waals surface area contributed by atoms with Gasteiger partial charge in [-0.25, -0.2) is 0 Å². The molecule has 0 saturated carbocycles. The van der Waals surface area contributed by atoms with Gasteiger partial charge in [0.2, 0.25) is 5.88 Å². The lowest BCUT2D eigenvalue weighted by Crippen LogP contribution is -2.10. The Labute approximate surface area is 134 Å². The lowest BCUT2D eigenvalue weighted by atomic mass is 10.1. The number of amides is 1. The summed E-state index contributed by atoms with van der Waals surface area (Å²) in [5, 5.41) is 6.64. The number of benzene rings is 1. The van der Waals surface area contributed by atoms with Gasteiger partial charge in [-0.3, -0.25) is 10.1 Å². The van der Waals surface area contributed by atoms with Gasteiger partial charge in [0.15, 0.2) is 5.76 Å². The first kappa shape index (κ1) is 15.1. The maximum Gasteiger partial charge on any atom is 0.293 e. The molecule has 0 aliphatic rings. The highest BCUT2D eigenvalue weighted by Crippen LogP contribution is 2.23. The lowest BCUT2D eigenvalue weighted by Gasteiger charge is -1.98. The molecule has 3 aromatic rings. The number of nitrogens with zero attached hydrogens (tertiary/aromatic N) is 1. The number of nitrogens with one attached hydrogen (secondary N) is 1. The second-order valence-electron chi connectivity index (χ2n) is 5.20. The molecule has 23 heavy (non-hydrogen) atoms. The van der Waals surface area contributed by atoms with E-state index in [4.69, 9.17) is 8.94 Å². The summed E-state index contributed by atoms with van der Waals surface area (Å²) in [7, 11) is 0. The van der Waals surface area contributed by atoms with Gasteiger partial charge in [-0.05, 0) is 24.1 Å². The van der Waals surface area contributed by atoms with Gasteiger partial charge in [0.1, 0.15) is 11.5 Å². The second kappa shape index (κ2) is 6.52. The minimum atomic E-state index is -0.353. The van der Waals surface area contributed by atoms with Crippen molar-refractivity contribution in [3.05, 3.63) is 59.5 Å². The van der Waals surface area contributed by atoms with Gasteiger partial charge in [0.05, 0.1) is 0 Å². The van der Waals surface area contributed by atoms with Crippen LogP contribution in [0.1, 0.15) is 35.7 Å². The smallest absolute Gasteiger partial charge is 0.293 e. The number of carbonyl (C=O) groups excluding carboxylic acids is 1. The number of anilines is 1. The largest absolute Gasteiger partial charge is 0.456 e. The highest BCUT2D eigenvalue weighted by Gasteiger charge is 2.14. The molecule has 1 amide bonds. The molecule has 0 unspecified atom stereocenters. The van der Waals surface area contributed by atoms with E-state index in [2.05, 4.69) is 29.5 Å². The van der Waals surface area contributed by atoms with Crippen molar-refractivity contribution in [2.45, 2.75) is 26.7 Å². The third kappa shape index (κ3) is 3.34. The quantitative estimate of drug-likeness (QED) is 0.762. The number of carbonyl (C=O) groups is 1. The van der Waals surface area contributed by atoms with Crippen molar-refractivity contribution in [3.63, 3.8) is 0 Å². The molecular weight excluding hydrogens is 292 g/mol. The van der Waals surface area contributed by atoms with Crippen molar-refractivity contribution >= 4 is 11.8 Å². The second-order valence-corrected chi connectivity index (χ2v) is 5.20. The fourth-order valence-electron chi connectivity index (χ4n) is 2.24. The van der Waals surface area contributed by atoms with Crippen molar-refractivity contribution in [2.24, 2.45) is 0 Å². The Balaban J connectivity index is 1.72. The van der Waals surface area contributed by atoms with E-state index in [0.29, 0.717) is 11.6 Å². The molecular formula is C18H18N2O3.